The highest BCUT2D eigenvalue weighted by atomic mass is 35.5. The van der Waals surface area contributed by atoms with Crippen molar-refractivity contribution in [1.29, 1.82) is 0 Å². The van der Waals surface area contributed by atoms with E-state index in [4.69, 9.17) is 11.6 Å². The van der Waals surface area contributed by atoms with E-state index in [2.05, 4.69) is 31.8 Å². The van der Waals surface area contributed by atoms with Crippen LogP contribution >= 0.6 is 11.6 Å². The fraction of sp³-hybridized carbons (Fsp3) is 0.300. The summed E-state index contributed by atoms with van der Waals surface area (Å²) in [5, 5.41) is 12.4. The number of amides is 2. The monoisotopic (exact) mass is 674 g/mol. The van der Waals surface area contributed by atoms with Crippen LogP contribution in [0, 0.1) is 6.92 Å². The van der Waals surface area contributed by atoms with Gasteiger partial charge in [-0.05, 0) is 31.5 Å². The third kappa shape index (κ3) is 6.58. The quantitative estimate of drug-likeness (QED) is 0.273. The molecule has 1 aliphatic heterocycles. The van der Waals surface area contributed by atoms with E-state index in [9.17, 15) is 37.1 Å². The normalized spacial score (nSPS) is 13.6. The summed E-state index contributed by atoms with van der Waals surface area (Å²) in [6.07, 6.45) is -2.17. The van der Waals surface area contributed by atoms with E-state index < -0.39 is 41.4 Å². The lowest BCUT2D eigenvalue weighted by Crippen LogP contribution is -2.50. The summed E-state index contributed by atoms with van der Waals surface area (Å²) < 4.78 is 54.8. The van der Waals surface area contributed by atoms with Crippen LogP contribution in [0.5, 0.6) is 5.75 Å². The van der Waals surface area contributed by atoms with Gasteiger partial charge in [0.05, 0.1) is 28.2 Å². The molecule has 0 bridgehead atoms. The van der Waals surface area contributed by atoms with Crippen molar-refractivity contribution in [2.45, 2.75) is 33.0 Å². The van der Waals surface area contributed by atoms with Gasteiger partial charge >= 0.3 is 6.18 Å². The molecule has 246 valence electrons. The van der Waals surface area contributed by atoms with Crippen LogP contribution in [0.25, 0.3) is 17.0 Å². The standard InChI is InChI=1S/C30H27ClF4N8O4/c1-4-21-25(41-7-9-42(10-8-41)29(47)24-26(45)16(3)37-14-38-24)27(46)23-28(36-12-20(40-23)15(2)32)43(21)13-22(44)39-19-6-5-17(11-18(19)31)30(33,34)35/h5-6,11-12,14,45H,2,4,7-10,13H2,1,3H3,(H,39,44). The van der Waals surface area contributed by atoms with Gasteiger partial charge in [0, 0.05) is 31.9 Å². The molecule has 0 aliphatic carbocycles. The summed E-state index contributed by atoms with van der Waals surface area (Å²) in [4.78, 5) is 59.7. The molecule has 0 atom stereocenters. The molecule has 2 amide bonds. The van der Waals surface area contributed by atoms with Crippen LogP contribution in [0.4, 0.5) is 28.9 Å². The van der Waals surface area contributed by atoms with E-state index in [1.54, 1.807) is 11.8 Å². The maximum absolute atomic E-state index is 14.1. The van der Waals surface area contributed by atoms with Gasteiger partial charge in [-0.1, -0.05) is 25.1 Å². The number of pyridine rings is 1. The smallest absolute Gasteiger partial charge is 0.416 e. The fourth-order valence-corrected chi connectivity index (χ4v) is 5.48. The molecule has 0 unspecified atom stereocenters. The van der Waals surface area contributed by atoms with Gasteiger partial charge < -0.3 is 24.8 Å². The number of piperazine rings is 1. The van der Waals surface area contributed by atoms with E-state index in [-0.39, 0.29) is 83.0 Å². The van der Waals surface area contributed by atoms with Gasteiger partial charge in [-0.25, -0.2) is 24.3 Å². The topological polar surface area (TPSA) is 146 Å². The van der Waals surface area contributed by atoms with Crippen molar-refractivity contribution in [3.63, 3.8) is 0 Å². The number of fused-ring (bicyclic) bond motifs is 1. The van der Waals surface area contributed by atoms with Crippen molar-refractivity contribution in [3.8, 4) is 5.75 Å². The summed E-state index contributed by atoms with van der Waals surface area (Å²) in [7, 11) is 0. The number of nitrogens with one attached hydrogen (secondary N) is 1. The van der Waals surface area contributed by atoms with Crippen LogP contribution in [0.15, 0.2) is 42.1 Å². The second kappa shape index (κ2) is 12.9. The lowest BCUT2D eigenvalue weighted by molar-refractivity contribution is -0.137. The highest BCUT2D eigenvalue weighted by molar-refractivity contribution is 6.33. The summed E-state index contributed by atoms with van der Waals surface area (Å²) in [6, 6.07) is 2.50. The van der Waals surface area contributed by atoms with Gasteiger partial charge in [-0.2, -0.15) is 13.2 Å². The highest BCUT2D eigenvalue weighted by Gasteiger charge is 2.32. The Morgan fingerprint density at radius 3 is 2.45 bits per heavy atom. The lowest BCUT2D eigenvalue weighted by atomic mass is 10.1. The van der Waals surface area contributed by atoms with Gasteiger partial charge in [0.1, 0.15) is 30.1 Å². The Hall–Kier alpha value is -5.12. The largest absolute Gasteiger partial charge is 0.504 e. The van der Waals surface area contributed by atoms with Crippen molar-refractivity contribution in [2.75, 3.05) is 36.4 Å². The predicted molar refractivity (Wildman–Crippen MR) is 165 cm³/mol. The molecule has 2 N–H and O–H groups in total. The van der Waals surface area contributed by atoms with E-state index >= 15 is 0 Å². The van der Waals surface area contributed by atoms with Gasteiger partial charge in [-0.15, -0.1) is 0 Å². The number of halogens is 5. The minimum atomic E-state index is -4.63. The first kappa shape index (κ1) is 33.2. The van der Waals surface area contributed by atoms with Crippen LogP contribution in [-0.2, 0) is 23.9 Å². The number of aryl methyl sites for hydroxylation is 1. The maximum atomic E-state index is 14.1. The highest BCUT2D eigenvalue weighted by Crippen LogP contribution is 2.34. The molecule has 0 saturated carbocycles. The zero-order valence-corrected chi connectivity index (χ0v) is 25.8. The van der Waals surface area contributed by atoms with Crippen LogP contribution in [0.3, 0.4) is 0 Å². The molecule has 3 aromatic heterocycles. The second-order valence-corrected chi connectivity index (χ2v) is 11.0. The number of carbonyl (C=O) groups is 2. The Morgan fingerprint density at radius 2 is 1.83 bits per heavy atom. The summed E-state index contributed by atoms with van der Waals surface area (Å²) in [6.45, 7) is 6.66. The Kier molecular flexibility index (Phi) is 9.15. The molecule has 1 saturated heterocycles. The molecule has 47 heavy (non-hydrogen) atoms. The number of hydrogen-bond donors (Lipinski definition) is 2. The molecule has 4 heterocycles. The molecule has 4 aromatic rings. The van der Waals surface area contributed by atoms with Gasteiger partial charge in [0.25, 0.3) is 5.91 Å². The molecular weight excluding hydrogens is 648 g/mol. The van der Waals surface area contributed by atoms with Crippen molar-refractivity contribution >= 4 is 51.8 Å². The van der Waals surface area contributed by atoms with E-state index in [0.717, 1.165) is 18.3 Å². The van der Waals surface area contributed by atoms with Crippen molar-refractivity contribution in [2.24, 2.45) is 0 Å². The molecule has 0 spiro atoms. The average molecular weight is 675 g/mol. The maximum Gasteiger partial charge on any atom is 0.416 e. The van der Waals surface area contributed by atoms with Gasteiger partial charge in [0.2, 0.25) is 11.3 Å². The first-order valence-corrected chi connectivity index (χ1v) is 14.6. The second-order valence-electron chi connectivity index (χ2n) is 10.6. The minimum Gasteiger partial charge on any atom is -0.504 e. The number of alkyl halides is 3. The Morgan fingerprint density at radius 1 is 1.13 bits per heavy atom. The lowest BCUT2D eigenvalue weighted by Gasteiger charge is -2.37. The molecule has 12 nitrogen and oxygen atoms in total. The van der Waals surface area contributed by atoms with Crippen LogP contribution < -0.4 is 15.6 Å². The zero-order chi connectivity index (χ0) is 34.2. The van der Waals surface area contributed by atoms with Crippen LogP contribution in [-0.4, -0.2) is 72.5 Å². The Balaban J connectivity index is 1.50. The first-order chi connectivity index (χ1) is 22.2. The Bertz CT molecular complexity index is 1980. The number of rotatable bonds is 7. The van der Waals surface area contributed by atoms with E-state index in [1.165, 1.54) is 22.7 Å². The molecule has 17 heteroatoms. The molecule has 1 aliphatic rings. The average Bonchev–Trinajstić information content (AvgIpc) is 3.03. The Labute approximate surface area is 269 Å². The van der Waals surface area contributed by atoms with E-state index in [1.807, 2.05) is 0 Å². The van der Waals surface area contributed by atoms with Crippen molar-refractivity contribution in [3.05, 3.63) is 80.9 Å². The first-order valence-electron chi connectivity index (χ1n) is 14.2. The third-order valence-electron chi connectivity index (χ3n) is 7.61. The SMILES string of the molecule is C=C(F)c1cnc2c(n1)c(=O)c(N1CCN(C(=O)c3ncnc(C)c3O)CC1)c(CC)n2CC(=O)Nc1ccc(C(F)(F)F)cc1Cl. The third-order valence-corrected chi connectivity index (χ3v) is 7.93. The fourth-order valence-electron chi connectivity index (χ4n) is 5.25. The summed E-state index contributed by atoms with van der Waals surface area (Å²) in [5.74, 6) is -2.48. The number of anilines is 2. The molecular formula is C30H27ClF4N8O4. The van der Waals surface area contributed by atoms with Gasteiger partial charge in [-0.3, -0.25) is 14.4 Å². The summed E-state index contributed by atoms with van der Waals surface area (Å²) >= 11 is 6.04. The zero-order valence-electron chi connectivity index (χ0n) is 25.0. The molecule has 1 fully saturated rings. The number of aromatic hydroxyl groups is 1. The van der Waals surface area contributed by atoms with Crippen molar-refractivity contribution < 1.29 is 32.3 Å². The number of carbonyl (C=O) groups excluding carboxylic acids is 2. The number of benzene rings is 1. The number of nitrogens with zero attached hydrogens (tertiary/aromatic N) is 7. The van der Waals surface area contributed by atoms with Crippen molar-refractivity contribution in [1.82, 2.24) is 29.4 Å². The predicted octanol–water partition coefficient (Wildman–Crippen LogP) is 4.37. The number of aromatic nitrogens is 5. The summed E-state index contributed by atoms with van der Waals surface area (Å²) in [5.41, 5.74) is -1.57. The molecule has 0 radical (unpaired) electrons. The minimum absolute atomic E-state index is 0.0299. The van der Waals surface area contributed by atoms with Gasteiger partial charge in [0.15, 0.2) is 22.6 Å². The number of hydrogen-bond acceptors (Lipinski definition) is 9. The van der Waals surface area contributed by atoms with Crippen LogP contribution in [0.2, 0.25) is 5.02 Å². The van der Waals surface area contributed by atoms with E-state index in [0.29, 0.717) is 11.8 Å². The van der Waals surface area contributed by atoms with Crippen LogP contribution in [0.1, 0.15) is 40.1 Å². The molecule has 1 aromatic carbocycles. The molecule has 5 rings (SSSR count).